The first-order chi connectivity index (χ1) is 15.9. The molecule has 0 aliphatic rings. The fraction of sp³-hybridized carbons (Fsp3) is 0.0741. The van der Waals surface area contributed by atoms with Crippen LogP contribution in [-0.4, -0.2) is 11.1 Å². The Morgan fingerprint density at radius 3 is 1.94 bits per heavy atom. The molecule has 0 fully saturated rings. The van der Waals surface area contributed by atoms with Crippen LogP contribution in [0.15, 0.2) is 66.7 Å². The van der Waals surface area contributed by atoms with Gasteiger partial charge in [-0.2, -0.15) is 10.5 Å². The molecule has 6 heteroatoms. The fourth-order valence-corrected chi connectivity index (χ4v) is 3.56. The summed E-state index contributed by atoms with van der Waals surface area (Å²) in [5.74, 6) is -2.47. The van der Waals surface area contributed by atoms with Crippen molar-refractivity contribution in [3.8, 4) is 12.1 Å². The largest absolute Gasteiger partial charge is 0.478 e. The van der Waals surface area contributed by atoms with E-state index in [0.717, 1.165) is 17.2 Å². The molecule has 33 heavy (non-hydrogen) atoms. The first-order valence-electron chi connectivity index (χ1n) is 10.0. The van der Waals surface area contributed by atoms with Gasteiger partial charge in [0.2, 0.25) is 0 Å². The molecule has 0 spiro atoms. The van der Waals surface area contributed by atoms with Gasteiger partial charge in [0.15, 0.2) is 0 Å². The van der Waals surface area contributed by atoms with Gasteiger partial charge in [0.25, 0.3) is 0 Å². The van der Waals surface area contributed by atoms with Crippen LogP contribution in [0.5, 0.6) is 0 Å². The molecule has 0 amide bonds. The zero-order chi connectivity index (χ0) is 24.0. The summed E-state index contributed by atoms with van der Waals surface area (Å²) in [5, 5.41) is 27.1. The third kappa shape index (κ3) is 5.20. The molecule has 4 nitrogen and oxygen atoms in total. The highest BCUT2D eigenvalue weighted by Crippen LogP contribution is 2.36. The summed E-state index contributed by atoms with van der Waals surface area (Å²) >= 11 is 0. The molecule has 0 saturated heterocycles. The number of carboxylic acid groups (broad SMARTS) is 1. The number of hydrogen-bond acceptors (Lipinski definition) is 3. The number of allylic oxidation sites excluding steroid dienone is 1. The third-order valence-corrected chi connectivity index (χ3v) is 5.07. The topological polar surface area (TPSA) is 84.9 Å². The summed E-state index contributed by atoms with van der Waals surface area (Å²) in [6.07, 6.45) is 2.98. The van der Waals surface area contributed by atoms with Gasteiger partial charge in [-0.15, -0.1) is 0 Å². The predicted molar refractivity (Wildman–Crippen MR) is 122 cm³/mol. The van der Waals surface area contributed by atoms with E-state index in [-0.39, 0.29) is 11.1 Å². The highest BCUT2D eigenvalue weighted by Gasteiger charge is 2.17. The van der Waals surface area contributed by atoms with Gasteiger partial charge in [-0.1, -0.05) is 37.3 Å². The monoisotopic (exact) mass is 440 g/mol. The van der Waals surface area contributed by atoms with Crippen LogP contribution >= 0.6 is 0 Å². The average Bonchev–Trinajstić information content (AvgIpc) is 2.81. The van der Waals surface area contributed by atoms with Crippen LogP contribution in [0, 0.1) is 34.3 Å². The Hall–Kier alpha value is -4.55. The number of nitrogens with zero attached hydrogens (tertiary/aromatic N) is 2. The van der Waals surface area contributed by atoms with E-state index in [9.17, 15) is 13.6 Å². The van der Waals surface area contributed by atoms with Crippen LogP contribution in [0.4, 0.5) is 8.78 Å². The van der Waals surface area contributed by atoms with Crippen molar-refractivity contribution in [1.82, 2.24) is 0 Å². The molecule has 3 rings (SSSR count). The van der Waals surface area contributed by atoms with Gasteiger partial charge in [-0.3, -0.25) is 0 Å². The summed E-state index contributed by atoms with van der Waals surface area (Å²) in [4.78, 5) is 10.9. The minimum absolute atomic E-state index is 0.108. The molecular weight excluding hydrogens is 422 g/mol. The van der Waals surface area contributed by atoms with Crippen molar-refractivity contribution >= 4 is 23.2 Å². The van der Waals surface area contributed by atoms with Crippen molar-refractivity contribution in [2.24, 2.45) is 0 Å². The molecule has 0 aromatic heterocycles. The molecular formula is C27H18F2N2O2. The zero-order valence-corrected chi connectivity index (χ0v) is 17.6. The van der Waals surface area contributed by atoms with E-state index in [1.807, 2.05) is 13.0 Å². The highest BCUT2D eigenvalue weighted by atomic mass is 19.1. The van der Waals surface area contributed by atoms with Crippen LogP contribution in [0.1, 0.15) is 46.7 Å². The molecule has 162 valence electrons. The summed E-state index contributed by atoms with van der Waals surface area (Å²) in [6.45, 7) is 1.90. The van der Waals surface area contributed by atoms with Crippen molar-refractivity contribution in [1.29, 1.82) is 10.5 Å². The highest BCUT2D eigenvalue weighted by molar-refractivity contribution is 5.99. The van der Waals surface area contributed by atoms with Crippen molar-refractivity contribution in [2.45, 2.75) is 13.3 Å². The molecule has 0 aliphatic heterocycles. The number of nitriles is 2. The summed E-state index contributed by atoms with van der Waals surface area (Å²) < 4.78 is 29.0. The number of hydrogen-bond donors (Lipinski definition) is 1. The number of rotatable bonds is 6. The zero-order valence-electron chi connectivity index (χ0n) is 17.6. The number of halogens is 2. The van der Waals surface area contributed by atoms with E-state index in [2.05, 4.69) is 0 Å². The van der Waals surface area contributed by atoms with Gasteiger partial charge in [0.05, 0.1) is 11.1 Å². The van der Waals surface area contributed by atoms with Crippen molar-refractivity contribution in [3.63, 3.8) is 0 Å². The van der Waals surface area contributed by atoms with Crippen LogP contribution in [0.25, 0.3) is 17.2 Å². The first-order valence-corrected chi connectivity index (χ1v) is 10.0. The molecule has 0 bridgehead atoms. The predicted octanol–water partition coefficient (Wildman–Crippen LogP) is 6.18. The third-order valence-electron chi connectivity index (χ3n) is 5.07. The van der Waals surface area contributed by atoms with E-state index in [1.54, 1.807) is 42.5 Å². The van der Waals surface area contributed by atoms with Gasteiger partial charge >= 0.3 is 5.97 Å². The Morgan fingerprint density at radius 2 is 1.48 bits per heavy atom. The molecule has 0 unspecified atom stereocenters. The minimum atomic E-state index is -1.08. The normalized spacial score (nSPS) is 10.5. The molecule has 3 aromatic rings. The Morgan fingerprint density at radius 1 is 0.909 bits per heavy atom. The first kappa shape index (κ1) is 23.1. The maximum Gasteiger partial charge on any atom is 0.328 e. The Labute approximate surface area is 190 Å². The Balaban J connectivity index is 2.31. The van der Waals surface area contributed by atoms with Crippen LogP contribution in [-0.2, 0) is 4.79 Å². The van der Waals surface area contributed by atoms with Crippen LogP contribution in [0.2, 0.25) is 0 Å². The van der Waals surface area contributed by atoms with E-state index < -0.39 is 17.6 Å². The molecule has 0 saturated carbocycles. The van der Waals surface area contributed by atoms with Crippen molar-refractivity contribution in [2.75, 3.05) is 0 Å². The quantitative estimate of drug-likeness (QED) is 0.367. The Kier molecular flexibility index (Phi) is 7.13. The van der Waals surface area contributed by atoms with Gasteiger partial charge in [-0.05, 0) is 76.2 Å². The average molecular weight is 440 g/mol. The van der Waals surface area contributed by atoms with Crippen molar-refractivity contribution < 1.29 is 18.7 Å². The number of aliphatic carboxylic acids is 1. The molecule has 3 aromatic carbocycles. The molecule has 0 radical (unpaired) electrons. The lowest BCUT2D eigenvalue weighted by Crippen LogP contribution is -1.98. The lowest BCUT2D eigenvalue weighted by molar-refractivity contribution is -0.131. The lowest BCUT2D eigenvalue weighted by Gasteiger charge is -2.17. The maximum absolute atomic E-state index is 14.5. The minimum Gasteiger partial charge on any atom is -0.478 e. The molecule has 1 N–H and O–H groups in total. The maximum atomic E-state index is 14.5. The molecule has 0 atom stereocenters. The van der Waals surface area contributed by atoms with Gasteiger partial charge in [0, 0.05) is 6.08 Å². The summed E-state index contributed by atoms with van der Waals surface area (Å²) in [5.41, 5.74) is 3.37. The van der Waals surface area contributed by atoms with E-state index in [1.165, 1.54) is 30.3 Å². The smallest absolute Gasteiger partial charge is 0.328 e. The molecule has 0 heterocycles. The second-order valence-corrected chi connectivity index (χ2v) is 7.12. The van der Waals surface area contributed by atoms with Crippen molar-refractivity contribution in [3.05, 3.63) is 112 Å². The SMILES string of the molecule is CCC(=C(c1ccc(C#N)c(F)c1)c1ccc(C#N)c(F)c1)c1cccc(C=CC(=O)O)c1. The fourth-order valence-electron chi connectivity index (χ4n) is 3.56. The second-order valence-electron chi connectivity index (χ2n) is 7.12. The summed E-state index contributed by atoms with van der Waals surface area (Å²) in [7, 11) is 0. The Bertz CT molecular complexity index is 1310. The van der Waals surface area contributed by atoms with Crippen LogP contribution in [0.3, 0.4) is 0 Å². The van der Waals surface area contributed by atoms with E-state index in [4.69, 9.17) is 15.6 Å². The standard InChI is InChI=1S/C27H18F2N2O2/c1-2-23(18-5-3-4-17(12-18)6-11-26(32)33)27(19-7-9-21(15-30)24(28)13-19)20-8-10-22(16-31)25(29)14-20/h3-14H,2H2,1H3,(H,32,33). The summed E-state index contributed by atoms with van der Waals surface area (Å²) in [6, 6.07) is 19.1. The van der Waals surface area contributed by atoms with E-state index in [0.29, 0.717) is 28.7 Å². The number of carboxylic acids is 1. The van der Waals surface area contributed by atoms with Gasteiger partial charge < -0.3 is 5.11 Å². The molecule has 0 aliphatic carbocycles. The second kappa shape index (κ2) is 10.2. The lowest BCUT2D eigenvalue weighted by atomic mass is 9.87. The van der Waals surface area contributed by atoms with Gasteiger partial charge in [-0.25, -0.2) is 13.6 Å². The van der Waals surface area contributed by atoms with E-state index >= 15 is 0 Å². The number of benzene rings is 3. The van der Waals surface area contributed by atoms with Gasteiger partial charge in [0.1, 0.15) is 23.8 Å². The number of carbonyl (C=O) groups is 1. The van der Waals surface area contributed by atoms with Crippen LogP contribution < -0.4 is 0 Å².